The molecule has 1 fully saturated rings. The molecule has 1 aliphatic rings. The average molecular weight is 284 g/mol. The highest BCUT2D eigenvalue weighted by molar-refractivity contribution is 5.68. The van der Waals surface area contributed by atoms with E-state index in [4.69, 9.17) is 5.11 Å². The Morgan fingerprint density at radius 1 is 1.45 bits per heavy atom. The smallest absolute Gasteiger partial charge is 0.306 e. The number of unbranched alkanes of at least 4 members (excludes halogenated alkanes) is 2. The first-order valence-electron chi connectivity index (χ1n) is 7.76. The number of aliphatic hydroxyl groups excluding tert-OH is 1. The van der Waals surface area contributed by atoms with Crippen LogP contribution in [0.5, 0.6) is 0 Å². The molecule has 0 saturated heterocycles. The van der Waals surface area contributed by atoms with Gasteiger partial charge in [-0.15, -0.1) is 0 Å². The van der Waals surface area contributed by atoms with Crippen LogP contribution in [0.3, 0.4) is 0 Å². The van der Waals surface area contributed by atoms with Crippen molar-refractivity contribution in [2.24, 2.45) is 5.92 Å². The van der Waals surface area contributed by atoms with E-state index >= 15 is 0 Å². The third-order valence-corrected chi connectivity index (χ3v) is 4.05. The number of allylic oxidation sites excluding steroid dienone is 1. The molecule has 1 rings (SSSR count). The highest BCUT2D eigenvalue weighted by atomic mass is 16.4. The summed E-state index contributed by atoms with van der Waals surface area (Å²) in [4.78, 5) is 10.8. The quantitative estimate of drug-likeness (QED) is 0.473. The summed E-state index contributed by atoms with van der Waals surface area (Å²) in [7, 11) is 0. The van der Waals surface area contributed by atoms with E-state index in [1.807, 2.05) is 12.2 Å². The first-order chi connectivity index (χ1) is 9.45. The number of rotatable bonds is 8. The lowest BCUT2D eigenvalue weighted by Gasteiger charge is -2.34. The van der Waals surface area contributed by atoms with Gasteiger partial charge < -0.3 is 15.3 Å². The van der Waals surface area contributed by atoms with Crippen molar-refractivity contribution in [1.29, 1.82) is 0 Å². The minimum atomic E-state index is -1.08. The third kappa shape index (κ3) is 6.53. The maximum Gasteiger partial charge on any atom is 0.306 e. The third-order valence-electron chi connectivity index (χ3n) is 4.05. The zero-order valence-electron chi connectivity index (χ0n) is 12.4. The standard InChI is InChI=1S/C16H28O4/c1-2-3-4-7-14(17)9-8-13-6-5-10-16(20,11-13)12-15(18)19/h8-9,13-14,17,20H,2-7,10-12H2,1H3,(H,18,19)/b9-8+/t13-,14-,16+/m1/s1. The first-order valence-corrected chi connectivity index (χ1v) is 7.76. The van der Waals surface area contributed by atoms with Crippen molar-refractivity contribution < 1.29 is 20.1 Å². The second-order valence-electron chi connectivity index (χ2n) is 6.10. The van der Waals surface area contributed by atoms with E-state index in [9.17, 15) is 15.0 Å². The van der Waals surface area contributed by atoms with Crippen LogP contribution in [-0.4, -0.2) is 33.0 Å². The molecule has 4 heteroatoms. The lowest BCUT2D eigenvalue weighted by Crippen LogP contribution is -2.37. The van der Waals surface area contributed by atoms with Gasteiger partial charge in [-0.25, -0.2) is 0 Å². The summed E-state index contributed by atoms with van der Waals surface area (Å²) in [6.45, 7) is 2.13. The van der Waals surface area contributed by atoms with E-state index < -0.39 is 17.7 Å². The van der Waals surface area contributed by atoms with Crippen LogP contribution in [0, 0.1) is 5.92 Å². The second-order valence-corrected chi connectivity index (χ2v) is 6.10. The van der Waals surface area contributed by atoms with Crippen molar-refractivity contribution in [3.8, 4) is 0 Å². The van der Waals surface area contributed by atoms with Crippen molar-refractivity contribution in [2.75, 3.05) is 0 Å². The lowest BCUT2D eigenvalue weighted by molar-refractivity contribution is -0.144. The normalized spacial score (nSPS) is 28.6. The lowest BCUT2D eigenvalue weighted by atomic mass is 9.76. The van der Waals surface area contributed by atoms with Crippen LogP contribution >= 0.6 is 0 Å². The molecule has 0 aliphatic heterocycles. The van der Waals surface area contributed by atoms with Crippen LogP contribution < -0.4 is 0 Å². The summed E-state index contributed by atoms with van der Waals surface area (Å²) < 4.78 is 0. The Morgan fingerprint density at radius 2 is 2.20 bits per heavy atom. The number of hydrogen-bond donors (Lipinski definition) is 3. The molecule has 20 heavy (non-hydrogen) atoms. The monoisotopic (exact) mass is 284 g/mol. The highest BCUT2D eigenvalue weighted by Crippen LogP contribution is 2.35. The van der Waals surface area contributed by atoms with Gasteiger partial charge in [-0.1, -0.05) is 38.3 Å². The molecule has 0 amide bonds. The fourth-order valence-electron chi connectivity index (χ4n) is 2.98. The summed E-state index contributed by atoms with van der Waals surface area (Å²) >= 11 is 0. The van der Waals surface area contributed by atoms with Gasteiger partial charge in [-0.3, -0.25) is 4.79 Å². The molecule has 4 nitrogen and oxygen atoms in total. The maximum atomic E-state index is 10.8. The fraction of sp³-hybridized carbons (Fsp3) is 0.812. The van der Waals surface area contributed by atoms with Gasteiger partial charge in [0, 0.05) is 0 Å². The van der Waals surface area contributed by atoms with Crippen molar-refractivity contribution in [1.82, 2.24) is 0 Å². The topological polar surface area (TPSA) is 77.8 Å². The van der Waals surface area contributed by atoms with E-state index in [1.165, 1.54) is 0 Å². The number of aliphatic hydroxyl groups is 2. The van der Waals surface area contributed by atoms with E-state index in [0.29, 0.717) is 12.8 Å². The van der Waals surface area contributed by atoms with Crippen molar-refractivity contribution in [3.05, 3.63) is 12.2 Å². The SMILES string of the molecule is CCCCC[C@@H](O)/C=C/[C@H]1CCC[C@@](O)(CC(=O)O)C1. The minimum absolute atomic E-state index is 0.175. The Balaban J connectivity index is 2.41. The molecule has 0 aromatic rings. The average Bonchev–Trinajstić information content (AvgIpc) is 2.35. The van der Waals surface area contributed by atoms with Crippen molar-refractivity contribution >= 4 is 5.97 Å². The maximum absolute atomic E-state index is 10.8. The minimum Gasteiger partial charge on any atom is -0.481 e. The van der Waals surface area contributed by atoms with Gasteiger partial charge in [-0.05, 0) is 38.0 Å². The summed E-state index contributed by atoms with van der Waals surface area (Å²) in [6.07, 6.45) is 10.1. The molecule has 0 spiro atoms. The molecular formula is C16H28O4. The first kappa shape index (κ1) is 17.2. The van der Waals surface area contributed by atoms with Gasteiger partial charge in [-0.2, -0.15) is 0 Å². The summed E-state index contributed by atoms with van der Waals surface area (Å²) in [5, 5.41) is 28.9. The van der Waals surface area contributed by atoms with Crippen molar-refractivity contribution in [2.45, 2.75) is 76.4 Å². The molecule has 1 aliphatic carbocycles. The number of aliphatic carboxylic acids is 1. The van der Waals surface area contributed by atoms with Crippen LogP contribution in [0.1, 0.15) is 64.7 Å². The van der Waals surface area contributed by atoms with Gasteiger partial charge in [0.1, 0.15) is 0 Å². The van der Waals surface area contributed by atoms with Crippen molar-refractivity contribution in [3.63, 3.8) is 0 Å². The summed E-state index contributed by atoms with van der Waals surface area (Å²) in [5.41, 5.74) is -1.08. The molecule has 0 aromatic carbocycles. The molecule has 1 saturated carbocycles. The highest BCUT2D eigenvalue weighted by Gasteiger charge is 2.35. The van der Waals surface area contributed by atoms with Gasteiger partial charge >= 0.3 is 5.97 Å². The number of carboxylic acids is 1. The van der Waals surface area contributed by atoms with Gasteiger partial charge in [0.25, 0.3) is 0 Å². The second kappa shape index (κ2) is 8.42. The summed E-state index contributed by atoms with van der Waals surface area (Å²) in [5.74, 6) is -0.773. The summed E-state index contributed by atoms with van der Waals surface area (Å²) in [6, 6.07) is 0. The molecule has 0 bridgehead atoms. The fourth-order valence-corrected chi connectivity index (χ4v) is 2.98. The molecule has 0 radical (unpaired) electrons. The largest absolute Gasteiger partial charge is 0.481 e. The molecule has 0 unspecified atom stereocenters. The van der Waals surface area contributed by atoms with Crippen LogP contribution in [0.25, 0.3) is 0 Å². The Bertz CT molecular complexity index is 326. The van der Waals surface area contributed by atoms with Crippen LogP contribution in [0.2, 0.25) is 0 Å². The van der Waals surface area contributed by atoms with Crippen LogP contribution in [-0.2, 0) is 4.79 Å². The Kier molecular flexibility index (Phi) is 7.24. The molecular weight excluding hydrogens is 256 g/mol. The molecule has 0 aromatic heterocycles. The number of carboxylic acid groups (broad SMARTS) is 1. The Labute approximate surface area is 121 Å². The Morgan fingerprint density at radius 3 is 2.85 bits per heavy atom. The van der Waals surface area contributed by atoms with Gasteiger partial charge in [0.15, 0.2) is 0 Å². The Hall–Kier alpha value is -0.870. The van der Waals surface area contributed by atoms with E-state index in [2.05, 4.69) is 6.92 Å². The van der Waals surface area contributed by atoms with Crippen LogP contribution in [0.15, 0.2) is 12.2 Å². The van der Waals surface area contributed by atoms with E-state index in [1.54, 1.807) is 0 Å². The van der Waals surface area contributed by atoms with Gasteiger partial charge in [0.2, 0.25) is 0 Å². The predicted octanol–water partition coefficient (Wildman–Crippen LogP) is 2.88. The number of hydrogen-bond acceptors (Lipinski definition) is 3. The van der Waals surface area contributed by atoms with E-state index in [0.717, 1.165) is 38.5 Å². The zero-order chi connectivity index (χ0) is 15.0. The van der Waals surface area contributed by atoms with Gasteiger partial charge in [0.05, 0.1) is 18.1 Å². The molecule has 116 valence electrons. The zero-order valence-corrected chi connectivity index (χ0v) is 12.4. The predicted molar refractivity (Wildman–Crippen MR) is 78.4 cm³/mol. The van der Waals surface area contributed by atoms with Crippen LogP contribution in [0.4, 0.5) is 0 Å². The molecule has 3 atom stereocenters. The number of carbonyl (C=O) groups is 1. The van der Waals surface area contributed by atoms with E-state index in [-0.39, 0.29) is 12.3 Å². The molecule has 3 N–H and O–H groups in total. The molecule has 0 heterocycles.